The van der Waals surface area contributed by atoms with Crippen molar-refractivity contribution in [3.05, 3.63) is 48.4 Å². The largest absolute Gasteiger partial charge is 0.494 e. The zero-order valence-corrected chi connectivity index (χ0v) is 12.6. The molecule has 21 heavy (non-hydrogen) atoms. The SMILES string of the molecule is CCOc1ccc(S(=O)(=O)N/N=C(\C)c2ccco2)cc1. The molecular weight excluding hydrogens is 292 g/mol. The molecule has 0 bridgehead atoms. The fourth-order valence-corrected chi connectivity index (χ4v) is 2.46. The van der Waals surface area contributed by atoms with E-state index >= 15 is 0 Å². The molecule has 7 heteroatoms. The van der Waals surface area contributed by atoms with Crippen molar-refractivity contribution in [1.29, 1.82) is 0 Å². The number of sulfonamides is 1. The molecule has 112 valence electrons. The van der Waals surface area contributed by atoms with E-state index in [-0.39, 0.29) is 4.90 Å². The molecule has 2 rings (SSSR count). The molecule has 0 spiro atoms. The van der Waals surface area contributed by atoms with E-state index in [0.29, 0.717) is 23.8 Å². The van der Waals surface area contributed by atoms with Crippen molar-refractivity contribution in [3.63, 3.8) is 0 Å². The first-order valence-corrected chi connectivity index (χ1v) is 7.84. The van der Waals surface area contributed by atoms with Crippen LogP contribution in [0.2, 0.25) is 0 Å². The van der Waals surface area contributed by atoms with Gasteiger partial charge in [-0.2, -0.15) is 18.4 Å². The number of hydrogen-bond acceptors (Lipinski definition) is 5. The van der Waals surface area contributed by atoms with Crippen LogP contribution in [0.5, 0.6) is 5.75 Å². The molecule has 0 fully saturated rings. The van der Waals surface area contributed by atoms with Gasteiger partial charge >= 0.3 is 0 Å². The van der Waals surface area contributed by atoms with Gasteiger partial charge in [0.1, 0.15) is 17.2 Å². The molecule has 0 saturated carbocycles. The van der Waals surface area contributed by atoms with E-state index < -0.39 is 10.0 Å². The molecule has 0 aliphatic heterocycles. The highest BCUT2D eigenvalue weighted by atomic mass is 32.2. The average molecular weight is 308 g/mol. The van der Waals surface area contributed by atoms with Gasteiger partial charge in [0.05, 0.1) is 17.8 Å². The molecule has 1 aromatic heterocycles. The summed E-state index contributed by atoms with van der Waals surface area (Å²) >= 11 is 0. The predicted molar refractivity (Wildman–Crippen MR) is 78.9 cm³/mol. The van der Waals surface area contributed by atoms with Crippen LogP contribution in [0.15, 0.2) is 57.1 Å². The number of rotatable bonds is 6. The third-order valence-corrected chi connectivity index (χ3v) is 3.88. The van der Waals surface area contributed by atoms with Gasteiger partial charge in [0.25, 0.3) is 10.0 Å². The maximum absolute atomic E-state index is 12.1. The number of nitrogens with zero attached hydrogens (tertiary/aromatic N) is 1. The summed E-state index contributed by atoms with van der Waals surface area (Å²) in [4.78, 5) is 2.29. The summed E-state index contributed by atoms with van der Waals surface area (Å²) in [5, 5.41) is 3.83. The topological polar surface area (TPSA) is 80.9 Å². The highest BCUT2D eigenvalue weighted by Crippen LogP contribution is 2.15. The van der Waals surface area contributed by atoms with Gasteiger partial charge in [-0.15, -0.1) is 0 Å². The van der Waals surface area contributed by atoms with Crippen molar-refractivity contribution in [1.82, 2.24) is 4.83 Å². The lowest BCUT2D eigenvalue weighted by molar-refractivity contribution is 0.340. The van der Waals surface area contributed by atoms with Gasteiger partial charge in [-0.1, -0.05) is 0 Å². The molecule has 0 radical (unpaired) electrons. The molecule has 2 aromatic rings. The van der Waals surface area contributed by atoms with Crippen LogP contribution in [0.4, 0.5) is 0 Å². The van der Waals surface area contributed by atoms with Crippen LogP contribution in [-0.4, -0.2) is 20.7 Å². The van der Waals surface area contributed by atoms with E-state index in [1.807, 2.05) is 6.92 Å². The number of nitrogens with one attached hydrogen (secondary N) is 1. The quantitative estimate of drug-likeness (QED) is 0.656. The number of furan rings is 1. The van der Waals surface area contributed by atoms with Gasteiger partial charge in [0.2, 0.25) is 0 Å². The Kier molecular flexibility index (Phi) is 4.64. The summed E-state index contributed by atoms with van der Waals surface area (Å²) in [5.41, 5.74) is 0.439. The predicted octanol–water partition coefficient (Wildman–Crippen LogP) is 2.38. The van der Waals surface area contributed by atoms with E-state index in [1.165, 1.54) is 18.4 Å². The molecule has 0 amide bonds. The Bertz CT molecular complexity index is 704. The molecule has 1 aromatic carbocycles. The third kappa shape index (κ3) is 3.85. The summed E-state index contributed by atoms with van der Waals surface area (Å²) in [6, 6.07) is 9.53. The number of ether oxygens (including phenoxy) is 1. The minimum Gasteiger partial charge on any atom is -0.494 e. The summed E-state index contributed by atoms with van der Waals surface area (Å²) in [6.45, 7) is 4.04. The molecule has 0 aliphatic rings. The summed E-state index contributed by atoms with van der Waals surface area (Å²) in [7, 11) is -3.71. The van der Waals surface area contributed by atoms with E-state index in [2.05, 4.69) is 9.93 Å². The van der Waals surface area contributed by atoms with Crippen LogP contribution in [0.25, 0.3) is 0 Å². The minimum atomic E-state index is -3.71. The number of hydrazone groups is 1. The van der Waals surface area contributed by atoms with Crippen molar-refractivity contribution in [2.24, 2.45) is 5.10 Å². The maximum Gasteiger partial charge on any atom is 0.276 e. The van der Waals surface area contributed by atoms with Crippen molar-refractivity contribution in [2.45, 2.75) is 18.7 Å². The zero-order chi connectivity index (χ0) is 15.3. The monoisotopic (exact) mass is 308 g/mol. The van der Waals surface area contributed by atoms with Crippen molar-refractivity contribution in [3.8, 4) is 5.75 Å². The Balaban J connectivity index is 2.13. The van der Waals surface area contributed by atoms with Crippen LogP contribution < -0.4 is 9.57 Å². The second kappa shape index (κ2) is 6.45. The molecular formula is C14H16N2O4S. The lowest BCUT2D eigenvalue weighted by atomic mass is 10.3. The second-order valence-electron chi connectivity index (χ2n) is 4.17. The summed E-state index contributed by atoms with van der Waals surface area (Å²) < 4.78 is 34.6. The van der Waals surface area contributed by atoms with Crippen molar-refractivity contribution >= 4 is 15.7 Å². The molecule has 0 unspecified atom stereocenters. The molecule has 1 heterocycles. The maximum atomic E-state index is 12.1. The first-order valence-electron chi connectivity index (χ1n) is 6.36. The first kappa shape index (κ1) is 15.1. The molecule has 0 saturated heterocycles. The van der Waals surface area contributed by atoms with E-state index in [0.717, 1.165) is 0 Å². The van der Waals surface area contributed by atoms with E-state index in [4.69, 9.17) is 9.15 Å². The Morgan fingerprint density at radius 1 is 1.29 bits per heavy atom. The first-order chi connectivity index (χ1) is 10.0. The molecule has 6 nitrogen and oxygen atoms in total. The number of benzene rings is 1. The Morgan fingerprint density at radius 3 is 2.57 bits per heavy atom. The van der Waals surface area contributed by atoms with Crippen LogP contribution in [0.3, 0.4) is 0 Å². The van der Waals surface area contributed by atoms with Crippen LogP contribution in [0.1, 0.15) is 19.6 Å². The van der Waals surface area contributed by atoms with Gasteiger partial charge in [-0.25, -0.2) is 0 Å². The van der Waals surface area contributed by atoms with E-state index in [1.54, 1.807) is 31.2 Å². The highest BCUT2D eigenvalue weighted by molar-refractivity contribution is 7.89. The van der Waals surface area contributed by atoms with Gasteiger partial charge < -0.3 is 9.15 Å². The highest BCUT2D eigenvalue weighted by Gasteiger charge is 2.13. The Hall–Kier alpha value is -2.28. The lowest BCUT2D eigenvalue weighted by Gasteiger charge is -2.06. The summed E-state index contributed by atoms with van der Waals surface area (Å²) in [6.07, 6.45) is 1.50. The molecule has 0 atom stereocenters. The van der Waals surface area contributed by atoms with Crippen molar-refractivity contribution in [2.75, 3.05) is 6.61 Å². The van der Waals surface area contributed by atoms with E-state index in [9.17, 15) is 8.42 Å². The second-order valence-corrected chi connectivity index (χ2v) is 5.83. The van der Waals surface area contributed by atoms with Crippen LogP contribution in [-0.2, 0) is 10.0 Å². The standard InChI is InChI=1S/C14H16N2O4S/c1-3-19-12-6-8-13(9-7-12)21(17,18)16-15-11(2)14-5-4-10-20-14/h4-10,16H,3H2,1-2H3/b15-11+. The normalized spacial score (nSPS) is 12.2. The third-order valence-electron chi connectivity index (χ3n) is 2.66. The molecule has 0 aliphatic carbocycles. The zero-order valence-electron chi connectivity index (χ0n) is 11.7. The fraction of sp³-hybridized carbons (Fsp3) is 0.214. The van der Waals surface area contributed by atoms with Gasteiger partial charge in [0.15, 0.2) is 0 Å². The number of hydrogen-bond donors (Lipinski definition) is 1. The fourth-order valence-electron chi connectivity index (χ4n) is 1.60. The van der Waals surface area contributed by atoms with Crippen LogP contribution in [0, 0.1) is 0 Å². The van der Waals surface area contributed by atoms with Crippen molar-refractivity contribution < 1.29 is 17.6 Å². The van der Waals surface area contributed by atoms with Gasteiger partial charge in [-0.05, 0) is 50.2 Å². The average Bonchev–Trinajstić information content (AvgIpc) is 3.00. The lowest BCUT2D eigenvalue weighted by Crippen LogP contribution is -2.19. The molecule has 1 N–H and O–H groups in total. The van der Waals surface area contributed by atoms with Crippen LogP contribution >= 0.6 is 0 Å². The Morgan fingerprint density at radius 2 is 2.00 bits per heavy atom. The minimum absolute atomic E-state index is 0.113. The van der Waals surface area contributed by atoms with Gasteiger partial charge in [0, 0.05) is 0 Å². The van der Waals surface area contributed by atoms with Gasteiger partial charge in [-0.3, -0.25) is 0 Å². The smallest absolute Gasteiger partial charge is 0.276 e. The summed E-state index contributed by atoms with van der Waals surface area (Å²) in [5.74, 6) is 1.12. The Labute approximate surface area is 123 Å².